The zero-order chi connectivity index (χ0) is 13.0. The topological polar surface area (TPSA) is 66.0 Å². The number of carbonyl (C=O) groups excluding carboxylic acids is 1. The maximum absolute atomic E-state index is 11.4. The number of nitrogens with zero attached hydrogens (tertiary/aromatic N) is 1. The Bertz CT molecular complexity index is 608. The third-order valence-electron chi connectivity index (χ3n) is 2.45. The number of nitriles is 1. The molecule has 0 radical (unpaired) electrons. The third kappa shape index (κ3) is 2.58. The van der Waals surface area contributed by atoms with Crippen molar-refractivity contribution in [3.8, 4) is 17.4 Å². The number of hydrogen-bond donors (Lipinski definition) is 1. The van der Waals surface area contributed by atoms with Crippen LogP contribution in [0.25, 0.3) is 11.3 Å². The molecule has 2 aromatic rings. The number of amides is 1. The van der Waals surface area contributed by atoms with Crippen LogP contribution in [0.5, 0.6) is 0 Å². The minimum Gasteiger partial charge on any atom is -0.461 e. The van der Waals surface area contributed by atoms with E-state index in [1.807, 2.05) is 43.3 Å². The number of carbonyl (C=O) groups is 1. The number of benzene rings is 1. The summed E-state index contributed by atoms with van der Waals surface area (Å²) in [5.41, 5.74) is 1.45. The van der Waals surface area contributed by atoms with Crippen molar-refractivity contribution in [3.05, 3.63) is 42.2 Å². The lowest BCUT2D eigenvalue weighted by Gasteiger charge is -2.07. The van der Waals surface area contributed by atoms with Gasteiger partial charge in [0, 0.05) is 5.56 Å². The lowest BCUT2D eigenvalue weighted by molar-refractivity contribution is -0.115. The average Bonchev–Trinajstić information content (AvgIpc) is 2.77. The summed E-state index contributed by atoms with van der Waals surface area (Å²) in [6.07, 6.45) is -0.161. The van der Waals surface area contributed by atoms with E-state index in [0.717, 1.165) is 11.3 Å². The molecule has 1 aromatic carbocycles. The molecule has 90 valence electrons. The number of furan rings is 1. The van der Waals surface area contributed by atoms with Gasteiger partial charge in [-0.2, -0.15) is 5.26 Å². The van der Waals surface area contributed by atoms with Gasteiger partial charge < -0.3 is 9.73 Å². The van der Waals surface area contributed by atoms with E-state index in [0.29, 0.717) is 11.4 Å². The maximum Gasteiger partial charge on any atom is 0.238 e. The van der Waals surface area contributed by atoms with Crippen molar-refractivity contribution < 1.29 is 9.21 Å². The molecule has 0 atom stereocenters. The van der Waals surface area contributed by atoms with Crippen molar-refractivity contribution in [2.75, 3.05) is 5.32 Å². The van der Waals surface area contributed by atoms with E-state index in [2.05, 4.69) is 5.32 Å². The van der Waals surface area contributed by atoms with E-state index in [9.17, 15) is 4.79 Å². The molecule has 1 heterocycles. The molecule has 0 aliphatic carbocycles. The Kier molecular flexibility index (Phi) is 3.44. The van der Waals surface area contributed by atoms with Crippen LogP contribution in [0.4, 0.5) is 5.69 Å². The molecule has 4 heteroatoms. The van der Waals surface area contributed by atoms with Gasteiger partial charge in [0.05, 0.1) is 11.8 Å². The molecule has 0 spiro atoms. The molecule has 0 unspecified atom stereocenters. The number of para-hydroxylation sites is 1. The highest BCUT2D eigenvalue weighted by molar-refractivity contribution is 5.95. The predicted octanol–water partition coefficient (Wildman–Crippen LogP) is 3.11. The van der Waals surface area contributed by atoms with Gasteiger partial charge in [-0.05, 0) is 31.2 Å². The molecular weight excluding hydrogens is 228 g/mol. The second kappa shape index (κ2) is 5.19. The van der Waals surface area contributed by atoms with Gasteiger partial charge in [0.2, 0.25) is 5.91 Å². The Morgan fingerprint density at radius 1 is 1.33 bits per heavy atom. The number of rotatable bonds is 3. The zero-order valence-corrected chi connectivity index (χ0v) is 9.93. The molecule has 0 aliphatic heterocycles. The highest BCUT2D eigenvalue weighted by Gasteiger charge is 2.10. The normalized spacial score (nSPS) is 9.78. The predicted molar refractivity (Wildman–Crippen MR) is 67.7 cm³/mol. The summed E-state index contributed by atoms with van der Waals surface area (Å²) in [6.45, 7) is 1.86. The van der Waals surface area contributed by atoms with E-state index < -0.39 is 0 Å². The Hall–Kier alpha value is -2.54. The van der Waals surface area contributed by atoms with E-state index in [1.165, 1.54) is 0 Å². The van der Waals surface area contributed by atoms with Crippen molar-refractivity contribution in [2.24, 2.45) is 0 Å². The third-order valence-corrected chi connectivity index (χ3v) is 2.45. The summed E-state index contributed by atoms with van der Waals surface area (Å²) in [6, 6.07) is 12.9. The first kappa shape index (κ1) is 11.9. The minimum atomic E-state index is -0.326. The standard InChI is InChI=1S/C14H12N2O2/c1-10-6-7-13(18-10)11-4-2-3-5-12(11)16-14(17)8-9-15/h2-7H,8H2,1H3,(H,16,17). The molecule has 0 fully saturated rings. The van der Waals surface area contributed by atoms with Crippen molar-refractivity contribution in [3.63, 3.8) is 0 Å². The van der Waals surface area contributed by atoms with Gasteiger partial charge in [-0.25, -0.2) is 0 Å². The Balaban J connectivity index is 2.32. The van der Waals surface area contributed by atoms with E-state index in [1.54, 1.807) is 6.07 Å². The highest BCUT2D eigenvalue weighted by Crippen LogP contribution is 2.29. The SMILES string of the molecule is Cc1ccc(-c2ccccc2NC(=O)CC#N)o1. The zero-order valence-electron chi connectivity index (χ0n) is 9.93. The summed E-state index contributed by atoms with van der Waals surface area (Å²) < 4.78 is 5.54. The molecule has 1 amide bonds. The maximum atomic E-state index is 11.4. The number of nitrogens with one attached hydrogen (secondary N) is 1. The average molecular weight is 240 g/mol. The van der Waals surface area contributed by atoms with Crippen molar-refractivity contribution in [1.29, 1.82) is 5.26 Å². The summed E-state index contributed by atoms with van der Waals surface area (Å²) in [5, 5.41) is 11.2. The van der Waals surface area contributed by atoms with Gasteiger partial charge in [-0.3, -0.25) is 4.79 Å². The van der Waals surface area contributed by atoms with Crippen LogP contribution in [-0.2, 0) is 4.79 Å². The molecule has 2 rings (SSSR count). The van der Waals surface area contributed by atoms with Crippen LogP contribution >= 0.6 is 0 Å². The molecule has 1 aromatic heterocycles. The van der Waals surface area contributed by atoms with Crippen molar-refractivity contribution in [1.82, 2.24) is 0 Å². The largest absolute Gasteiger partial charge is 0.461 e. The molecule has 0 bridgehead atoms. The molecule has 0 saturated carbocycles. The monoisotopic (exact) mass is 240 g/mol. The van der Waals surface area contributed by atoms with Gasteiger partial charge >= 0.3 is 0 Å². The summed E-state index contributed by atoms with van der Waals surface area (Å²) in [7, 11) is 0. The van der Waals surface area contributed by atoms with E-state index in [4.69, 9.17) is 9.68 Å². The number of aryl methyl sites for hydroxylation is 1. The summed E-state index contributed by atoms with van der Waals surface area (Å²) in [4.78, 5) is 11.4. The Labute approximate surface area is 105 Å². The smallest absolute Gasteiger partial charge is 0.238 e. The molecule has 0 saturated heterocycles. The Morgan fingerprint density at radius 3 is 2.78 bits per heavy atom. The first-order valence-electron chi connectivity index (χ1n) is 5.53. The summed E-state index contributed by atoms with van der Waals surface area (Å²) in [5.74, 6) is 1.18. The van der Waals surface area contributed by atoms with Gasteiger partial charge in [0.1, 0.15) is 17.9 Å². The lowest BCUT2D eigenvalue weighted by Crippen LogP contribution is -2.10. The number of hydrogen-bond acceptors (Lipinski definition) is 3. The van der Waals surface area contributed by atoms with Crippen LogP contribution in [0.3, 0.4) is 0 Å². The van der Waals surface area contributed by atoms with Crippen LogP contribution < -0.4 is 5.32 Å². The first-order valence-corrected chi connectivity index (χ1v) is 5.53. The lowest BCUT2D eigenvalue weighted by atomic mass is 10.1. The fourth-order valence-electron chi connectivity index (χ4n) is 1.65. The molecular formula is C14H12N2O2. The van der Waals surface area contributed by atoms with Crippen molar-refractivity contribution in [2.45, 2.75) is 13.3 Å². The second-order valence-corrected chi connectivity index (χ2v) is 3.84. The van der Waals surface area contributed by atoms with Crippen molar-refractivity contribution >= 4 is 11.6 Å². The van der Waals surface area contributed by atoms with Gasteiger partial charge in [0.25, 0.3) is 0 Å². The van der Waals surface area contributed by atoms with Gasteiger partial charge in [-0.1, -0.05) is 12.1 Å². The quantitative estimate of drug-likeness (QED) is 0.896. The van der Waals surface area contributed by atoms with Crippen LogP contribution in [0, 0.1) is 18.3 Å². The highest BCUT2D eigenvalue weighted by atomic mass is 16.3. The fraction of sp³-hybridized carbons (Fsp3) is 0.143. The van der Waals surface area contributed by atoms with Gasteiger partial charge in [0.15, 0.2) is 0 Å². The van der Waals surface area contributed by atoms with E-state index >= 15 is 0 Å². The molecule has 18 heavy (non-hydrogen) atoms. The summed E-state index contributed by atoms with van der Waals surface area (Å²) >= 11 is 0. The van der Waals surface area contributed by atoms with Crippen LogP contribution in [0.15, 0.2) is 40.8 Å². The minimum absolute atomic E-state index is 0.161. The molecule has 4 nitrogen and oxygen atoms in total. The van der Waals surface area contributed by atoms with E-state index in [-0.39, 0.29) is 12.3 Å². The molecule has 0 aliphatic rings. The van der Waals surface area contributed by atoms with Crippen LogP contribution in [0.1, 0.15) is 12.2 Å². The molecule has 1 N–H and O–H groups in total. The number of anilines is 1. The fourth-order valence-corrected chi connectivity index (χ4v) is 1.65. The van der Waals surface area contributed by atoms with Gasteiger partial charge in [-0.15, -0.1) is 0 Å². The first-order chi connectivity index (χ1) is 8.70. The second-order valence-electron chi connectivity index (χ2n) is 3.84. The van der Waals surface area contributed by atoms with Crippen LogP contribution in [-0.4, -0.2) is 5.91 Å². The van der Waals surface area contributed by atoms with Crippen LogP contribution in [0.2, 0.25) is 0 Å². The Morgan fingerprint density at radius 2 is 2.11 bits per heavy atom.